The molecule has 0 unspecified atom stereocenters. The number of benzene rings is 3. The van der Waals surface area contributed by atoms with Gasteiger partial charge in [-0.3, -0.25) is 0 Å². The minimum absolute atomic E-state index is 0.0264. The van der Waals surface area contributed by atoms with Crippen LogP contribution in [0.25, 0.3) is 21.5 Å². The van der Waals surface area contributed by atoms with Gasteiger partial charge in [0.25, 0.3) is 0 Å². The van der Waals surface area contributed by atoms with E-state index >= 15 is 0 Å². The molecule has 1 aliphatic heterocycles. The highest BCUT2D eigenvalue weighted by Crippen LogP contribution is 2.33. The molecular formula is C17H14N2O. The first-order valence-electron chi connectivity index (χ1n) is 6.78. The number of hydrogen-bond acceptors (Lipinski definition) is 1. The monoisotopic (exact) mass is 262 g/mol. The highest BCUT2D eigenvalue weighted by molar-refractivity contribution is 6.03. The maximum atomic E-state index is 11.5. The van der Waals surface area contributed by atoms with Crippen LogP contribution in [0, 0.1) is 0 Å². The summed E-state index contributed by atoms with van der Waals surface area (Å²) in [6.07, 6.45) is 0. The molecule has 1 fully saturated rings. The Balaban J connectivity index is 2.09. The predicted molar refractivity (Wildman–Crippen MR) is 80.7 cm³/mol. The lowest BCUT2D eigenvalue weighted by Gasteiger charge is -2.16. The molecule has 0 radical (unpaired) electrons. The molecule has 3 aromatic rings. The van der Waals surface area contributed by atoms with Crippen LogP contribution < -0.4 is 10.6 Å². The number of carbonyl (C=O) groups excluding carboxylic acids is 1. The van der Waals surface area contributed by atoms with Gasteiger partial charge in [-0.15, -0.1) is 0 Å². The second-order valence-electron chi connectivity index (χ2n) is 5.14. The molecule has 3 nitrogen and oxygen atoms in total. The van der Waals surface area contributed by atoms with Gasteiger partial charge in [0.05, 0.1) is 6.04 Å². The van der Waals surface area contributed by atoms with Gasteiger partial charge in [-0.05, 0) is 33.2 Å². The van der Waals surface area contributed by atoms with Crippen LogP contribution in [0.3, 0.4) is 0 Å². The van der Waals surface area contributed by atoms with Crippen molar-refractivity contribution in [1.82, 2.24) is 10.6 Å². The molecule has 2 N–H and O–H groups in total. The molecule has 3 heteroatoms. The van der Waals surface area contributed by atoms with Crippen molar-refractivity contribution in [3.05, 3.63) is 60.2 Å². The smallest absolute Gasteiger partial charge is 0.315 e. The van der Waals surface area contributed by atoms with Gasteiger partial charge < -0.3 is 10.6 Å². The van der Waals surface area contributed by atoms with Gasteiger partial charge in [-0.2, -0.15) is 0 Å². The maximum Gasteiger partial charge on any atom is 0.315 e. The number of amides is 2. The zero-order chi connectivity index (χ0) is 13.5. The zero-order valence-electron chi connectivity index (χ0n) is 10.9. The number of carbonyl (C=O) groups is 1. The van der Waals surface area contributed by atoms with Crippen molar-refractivity contribution >= 4 is 27.6 Å². The van der Waals surface area contributed by atoms with Crippen molar-refractivity contribution in [2.45, 2.75) is 6.04 Å². The van der Waals surface area contributed by atoms with Crippen LogP contribution in [-0.2, 0) is 0 Å². The van der Waals surface area contributed by atoms with Gasteiger partial charge in [-0.1, -0.05) is 48.5 Å². The average molecular weight is 262 g/mol. The van der Waals surface area contributed by atoms with Crippen LogP contribution >= 0.6 is 0 Å². The van der Waals surface area contributed by atoms with Crippen LogP contribution in [0.4, 0.5) is 4.79 Å². The minimum atomic E-state index is -0.0907. The molecule has 20 heavy (non-hydrogen) atoms. The summed E-state index contributed by atoms with van der Waals surface area (Å²) in [7, 11) is 0. The van der Waals surface area contributed by atoms with E-state index in [0.717, 1.165) is 0 Å². The fraction of sp³-hybridized carbons (Fsp3) is 0.118. The molecule has 3 aromatic carbocycles. The zero-order valence-corrected chi connectivity index (χ0v) is 10.9. The van der Waals surface area contributed by atoms with Crippen LogP contribution in [0.5, 0.6) is 0 Å². The van der Waals surface area contributed by atoms with Gasteiger partial charge >= 0.3 is 6.03 Å². The van der Waals surface area contributed by atoms with E-state index in [-0.39, 0.29) is 12.1 Å². The summed E-state index contributed by atoms with van der Waals surface area (Å²) in [5.41, 5.74) is 1.21. The molecular weight excluding hydrogens is 248 g/mol. The van der Waals surface area contributed by atoms with Crippen molar-refractivity contribution in [2.75, 3.05) is 6.54 Å². The van der Waals surface area contributed by atoms with Crippen molar-refractivity contribution < 1.29 is 4.79 Å². The lowest BCUT2D eigenvalue weighted by atomic mass is 9.92. The molecule has 1 aliphatic rings. The Labute approximate surface area is 116 Å². The lowest BCUT2D eigenvalue weighted by molar-refractivity contribution is 0.247. The predicted octanol–water partition coefficient (Wildman–Crippen LogP) is 3.35. The van der Waals surface area contributed by atoms with Crippen LogP contribution in [-0.4, -0.2) is 12.6 Å². The van der Waals surface area contributed by atoms with E-state index in [9.17, 15) is 4.79 Å². The van der Waals surface area contributed by atoms with Crippen molar-refractivity contribution in [3.63, 3.8) is 0 Å². The topological polar surface area (TPSA) is 41.1 Å². The summed E-state index contributed by atoms with van der Waals surface area (Å²) in [6, 6.07) is 18.8. The Hall–Kier alpha value is -2.55. The summed E-state index contributed by atoms with van der Waals surface area (Å²) in [5, 5.41) is 10.7. The lowest BCUT2D eigenvalue weighted by Crippen LogP contribution is -2.21. The summed E-state index contributed by atoms with van der Waals surface area (Å²) in [5.74, 6) is 0. The van der Waals surface area contributed by atoms with Gasteiger partial charge in [0, 0.05) is 6.54 Å². The minimum Gasteiger partial charge on any atom is -0.336 e. The third-order valence-corrected chi connectivity index (χ3v) is 3.93. The standard InChI is InChI=1S/C17H14N2O/c20-17-18-10-15(19-17)16-13-7-3-1-5-11(13)9-12-6-2-4-8-14(12)16/h1-9,15H,10H2,(H2,18,19,20)/t15-/m1/s1. The molecule has 1 atom stereocenters. The third-order valence-electron chi connectivity index (χ3n) is 3.93. The molecule has 98 valence electrons. The normalized spacial score (nSPS) is 18.2. The largest absolute Gasteiger partial charge is 0.336 e. The fourth-order valence-electron chi connectivity index (χ4n) is 3.05. The number of hydrogen-bond donors (Lipinski definition) is 2. The van der Waals surface area contributed by atoms with Crippen molar-refractivity contribution in [3.8, 4) is 0 Å². The molecule has 2 amide bonds. The third kappa shape index (κ3) is 1.63. The first-order chi connectivity index (χ1) is 9.83. The number of nitrogens with one attached hydrogen (secondary N) is 2. The van der Waals surface area contributed by atoms with Crippen LogP contribution in [0.15, 0.2) is 54.6 Å². The molecule has 1 saturated heterocycles. The molecule has 0 saturated carbocycles. The number of urea groups is 1. The second kappa shape index (κ2) is 4.23. The Morgan fingerprint density at radius 3 is 2.05 bits per heavy atom. The molecule has 4 rings (SSSR count). The van der Waals surface area contributed by atoms with Crippen molar-refractivity contribution in [1.29, 1.82) is 0 Å². The quantitative estimate of drug-likeness (QED) is 0.649. The fourth-order valence-corrected chi connectivity index (χ4v) is 3.05. The first kappa shape index (κ1) is 11.3. The Morgan fingerprint density at radius 2 is 1.50 bits per heavy atom. The summed E-state index contributed by atoms with van der Waals surface area (Å²) in [6.45, 7) is 0.636. The van der Waals surface area contributed by atoms with Gasteiger partial charge in [-0.25, -0.2) is 4.79 Å². The average Bonchev–Trinajstić information content (AvgIpc) is 2.91. The van der Waals surface area contributed by atoms with E-state index in [1.165, 1.54) is 27.1 Å². The molecule has 0 aliphatic carbocycles. The summed E-state index contributed by atoms with van der Waals surface area (Å²) >= 11 is 0. The summed E-state index contributed by atoms with van der Waals surface area (Å²) in [4.78, 5) is 11.5. The Morgan fingerprint density at radius 1 is 0.900 bits per heavy atom. The van der Waals surface area contributed by atoms with E-state index in [2.05, 4.69) is 41.0 Å². The number of rotatable bonds is 1. The van der Waals surface area contributed by atoms with Gasteiger partial charge in [0.2, 0.25) is 0 Å². The molecule has 1 heterocycles. The second-order valence-corrected chi connectivity index (χ2v) is 5.14. The summed E-state index contributed by atoms with van der Waals surface area (Å²) < 4.78 is 0. The van der Waals surface area contributed by atoms with E-state index in [4.69, 9.17) is 0 Å². The van der Waals surface area contributed by atoms with Crippen molar-refractivity contribution in [2.24, 2.45) is 0 Å². The van der Waals surface area contributed by atoms with Gasteiger partial charge in [0.1, 0.15) is 0 Å². The Kier molecular flexibility index (Phi) is 2.39. The molecule has 0 bridgehead atoms. The van der Waals surface area contributed by atoms with E-state index < -0.39 is 0 Å². The molecule has 0 aromatic heterocycles. The molecule has 0 spiro atoms. The maximum absolute atomic E-state index is 11.5. The van der Waals surface area contributed by atoms with E-state index in [0.29, 0.717) is 6.54 Å². The SMILES string of the molecule is O=C1NC[C@H](c2c3ccccc3cc3ccccc23)N1. The number of fused-ring (bicyclic) bond motifs is 2. The van der Waals surface area contributed by atoms with Gasteiger partial charge in [0.15, 0.2) is 0 Å². The highest BCUT2D eigenvalue weighted by atomic mass is 16.2. The Bertz CT molecular complexity index is 771. The van der Waals surface area contributed by atoms with Crippen LogP contribution in [0.2, 0.25) is 0 Å². The van der Waals surface area contributed by atoms with E-state index in [1.807, 2.05) is 24.3 Å². The highest BCUT2D eigenvalue weighted by Gasteiger charge is 2.24. The van der Waals surface area contributed by atoms with E-state index in [1.54, 1.807) is 0 Å². The first-order valence-corrected chi connectivity index (χ1v) is 6.78. The van der Waals surface area contributed by atoms with Crippen LogP contribution in [0.1, 0.15) is 11.6 Å².